The molecular formula is C18H21N5O2S2. The molecule has 1 aromatic carbocycles. The van der Waals surface area contributed by atoms with Gasteiger partial charge in [-0.15, -0.1) is 16.4 Å². The Hall–Kier alpha value is -2.39. The molecule has 0 unspecified atom stereocenters. The van der Waals surface area contributed by atoms with Gasteiger partial charge in [-0.25, -0.2) is 14.9 Å². The molecule has 3 aromatic rings. The lowest BCUT2D eigenvalue weighted by Gasteiger charge is -2.03. The number of carbonyl (C=O) groups excluding carboxylic acids is 1. The van der Waals surface area contributed by atoms with Crippen molar-refractivity contribution in [1.29, 1.82) is 0 Å². The van der Waals surface area contributed by atoms with Gasteiger partial charge in [-0.05, 0) is 18.4 Å². The minimum Gasteiger partial charge on any atom is -0.301 e. The number of benzene rings is 1. The van der Waals surface area contributed by atoms with Crippen LogP contribution in [0.2, 0.25) is 0 Å². The highest BCUT2D eigenvalue weighted by Crippen LogP contribution is 2.25. The summed E-state index contributed by atoms with van der Waals surface area (Å²) in [5.74, 6) is -0.0190. The Morgan fingerprint density at radius 2 is 2.07 bits per heavy atom. The topological polar surface area (TPSA) is 92.7 Å². The van der Waals surface area contributed by atoms with Crippen molar-refractivity contribution in [2.75, 3.05) is 11.1 Å². The molecule has 2 N–H and O–H groups in total. The summed E-state index contributed by atoms with van der Waals surface area (Å²) < 4.78 is 1.54. The van der Waals surface area contributed by atoms with Crippen molar-refractivity contribution in [2.45, 2.75) is 38.4 Å². The fraction of sp³-hybridized carbons (Fsp3) is 0.333. The molecule has 0 saturated heterocycles. The average Bonchev–Trinajstić information content (AvgIpc) is 3.28. The summed E-state index contributed by atoms with van der Waals surface area (Å²) in [6.45, 7) is 4.68. The number of hydrogen-bond acceptors (Lipinski definition) is 6. The van der Waals surface area contributed by atoms with Crippen molar-refractivity contribution >= 4 is 34.1 Å². The normalized spacial score (nSPS) is 10.9. The Labute approximate surface area is 165 Å². The maximum atomic E-state index is 12.2. The van der Waals surface area contributed by atoms with Crippen LogP contribution in [0.5, 0.6) is 0 Å². The van der Waals surface area contributed by atoms with Gasteiger partial charge in [-0.3, -0.25) is 9.36 Å². The number of amides is 1. The minimum atomic E-state index is -0.251. The van der Waals surface area contributed by atoms with Gasteiger partial charge < -0.3 is 5.32 Å². The zero-order valence-corrected chi connectivity index (χ0v) is 16.8. The number of hydrogen-bond donors (Lipinski definition) is 2. The Kier molecular flexibility index (Phi) is 6.46. The molecule has 0 spiro atoms. The third-order valence-corrected chi connectivity index (χ3v) is 5.65. The van der Waals surface area contributed by atoms with Gasteiger partial charge in [0.05, 0.1) is 11.4 Å². The van der Waals surface area contributed by atoms with E-state index in [0.29, 0.717) is 16.8 Å². The molecule has 3 rings (SSSR count). The lowest BCUT2D eigenvalue weighted by atomic mass is 10.1. The van der Waals surface area contributed by atoms with E-state index in [1.807, 2.05) is 24.4 Å². The number of aryl methyl sites for hydroxylation is 1. The first-order valence-corrected chi connectivity index (χ1v) is 10.6. The summed E-state index contributed by atoms with van der Waals surface area (Å²) in [5, 5.41) is 12.2. The van der Waals surface area contributed by atoms with Gasteiger partial charge in [0.25, 0.3) is 0 Å². The van der Waals surface area contributed by atoms with Crippen molar-refractivity contribution in [1.82, 2.24) is 19.7 Å². The van der Waals surface area contributed by atoms with Crippen LogP contribution in [-0.2, 0) is 17.8 Å². The Morgan fingerprint density at radius 3 is 2.78 bits per heavy atom. The largest absolute Gasteiger partial charge is 0.343 e. The molecular weight excluding hydrogens is 382 g/mol. The molecule has 0 fully saturated rings. The van der Waals surface area contributed by atoms with Crippen molar-refractivity contribution in [3.63, 3.8) is 0 Å². The number of rotatable bonds is 8. The second-order valence-corrected chi connectivity index (χ2v) is 7.69. The van der Waals surface area contributed by atoms with Gasteiger partial charge in [-0.1, -0.05) is 49.9 Å². The standard InChI is InChI=1S/C18H21N5O2S2/c1-3-9-23-17(25)21-22-18(23)27-11-15(24)20-16-19-14(10-26-16)13-7-5-12(4-2)6-8-13/h5-8,10H,3-4,9,11H2,1-2H3,(H,21,25)(H,19,20,24). The van der Waals surface area contributed by atoms with E-state index in [1.165, 1.54) is 28.7 Å². The number of carbonyl (C=O) groups is 1. The van der Waals surface area contributed by atoms with Gasteiger partial charge in [0, 0.05) is 17.5 Å². The summed E-state index contributed by atoms with van der Waals surface area (Å²) in [6.07, 6.45) is 1.82. The smallest absolute Gasteiger partial charge is 0.301 e. The molecule has 0 aliphatic heterocycles. The van der Waals surface area contributed by atoms with Crippen molar-refractivity contribution in [3.05, 3.63) is 45.7 Å². The summed E-state index contributed by atoms with van der Waals surface area (Å²) in [6, 6.07) is 8.26. The Morgan fingerprint density at radius 1 is 1.30 bits per heavy atom. The number of aromatic nitrogens is 4. The molecule has 27 heavy (non-hydrogen) atoms. The maximum Gasteiger partial charge on any atom is 0.343 e. The van der Waals surface area contributed by atoms with E-state index in [0.717, 1.165) is 24.1 Å². The predicted octanol–water partition coefficient (Wildman–Crippen LogP) is 3.40. The summed E-state index contributed by atoms with van der Waals surface area (Å²) in [7, 11) is 0. The summed E-state index contributed by atoms with van der Waals surface area (Å²) in [4.78, 5) is 28.3. The van der Waals surface area contributed by atoms with Crippen LogP contribution in [0.15, 0.2) is 39.6 Å². The third kappa shape index (κ3) is 4.86. The Bertz CT molecular complexity index is 959. The number of thioether (sulfide) groups is 1. The molecule has 0 aliphatic carbocycles. The lowest BCUT2D eigenvalue weighted by Crippen LogP contribution is -2.18. The molecule has 9 heteroatoms. The van der Waals surface area contributed by atoms with Crippen molar-refractivity contribution in [2.24, 2.45) is 0 Å². The van der Waals surface area contributed by atoms with Gasteiger partial charge in [-0.2, -0.15) is 0 Å². The van der Waals surface area contributed by atoms with E-state index in [1.54, 1.807) is 4.57 Å². The fourth-order valence-corrected chi connectivity index (χ4v) is 4.00. The van der Waals surface area contributed by atoms with Crippen molar-refractivity contribution in [3.8, 4) is 11.3 Å². The molecule has 7 nitrogen and oxygen atoms in total. The van der Waals surface area contributed by atoms with E-state index in [-0.39, 0.29) is 17.3 Å². The highest BCUT2D eigenvalue weighted by molar-refractivity contribution is 7.99. The predicted molar refractivity (Wildman–Crippen MR) is 109 cm³/mol. The number of H-pyrrole nitrogens is 1. The van der Waals surface area contributed by atoms with Crippen LogP contribution in [-0.4, -0.2) is 31.4 Å². The highest BCUT2D eigenvalue weighted by atomic mass is 32.2. The van der Waals surface area contributed by atoms with Crippen LogP contribution < -0.4 is 11.0 Å². The van der Waals surface area contributed by atoms with Gasteiger partial charge in [0.15, 0.2) is 10.3 Å². The van der Waals surface area contributed by atoms with E-state index < -0.39 is 0 Å². The number of nitrogens with zero attached hydrogens (tertiary/aromatic N) is 3. The molecule has 0 radical (unpaired) electrons. The van der Waals surface area contributed by atoms with Gasteiger partial charge in [0.2, 0.25) is 5.91 Å². The highest BCUT2D eigenvalue weighted by Gasteiger charge is 2.12. The Balaban J connectivity index is 1.58. The molecule has 2 aromatic heterocycles. The maximum absolute atomic E-state index is 12.2. The quantitative estimate of drug-likeness (QED) is 0.562. The molecule has 0 aliphatic rings. The van der Waals surface area contributed by atoms with E-state index in [4.69, 9.17) is 0 Å². The SMILES string of the molecule is CCCn1c(SCC(=O)Nc2nc(-c3ccc(CC)cc3)cs2)n[nH]c1=O. The van der Waals surface area contributed by atoms with Crippen LogP contribution in [0.4, 0.5) is 5.13 Å². The first kappa shape index (κ1) is 19.4. The molecule has 0 bridgehead atoms. The second-order valence-electron chi connectivity index (χ2n) is 5.89. The minimum absolute atomic E-state index is 0.161. The van der Waals surface area contributed by atoms with Crippen LogP contribution in [0, 0.1) is 0 Å². The first-order valence-electron chi connectivity index (χ1n) is 8.73. The molecule has 2 heterocycles. The molecule has 1 amide bonds. The fourth-order valence-electron chi connectivity index (χ4n) is 2.49. The van der Waals surface area contributed by atoms with Gasteiger partial charge >= 0.3 is 5.69 Å². The van der Waals surface area contributed by atoms with E-state index in [2.05, 4.69) is 39.6 Å². The van der Waals surface area contributed by atoms with Crippen LogP contribution in [0.1, 0.15) is 25.8 Å². The van der Waals surface area contributed by atoms with Crippen molar-refractivity contribution < 1.29 is 4.79 Å². The first-order chi connectivity index (χ1) is 13.1. The molecule has 0 atom stereocenters. The summed E-state index contributed by atoms with van der Waals surface area (Å²) >= 11 is 2.62. The van der Waals surface area contributed by atoms with Gasteiger partial charge in [0.1, 0.15) is 0 Å². The van der Waals surface area contributed by atoms with E-state index in [9.17, 15) is 9.59 Å². The summed E-state index contributed by atoms with van der Waals surface area (Å²) in [5.41, 5.74) is 2.89. The zero-order chi connectivity index (χ0) is 19.2. The lowest BCUT2D eigenvalue weighted by molar-refractivity contribution is -0.113. The number of anilines is 1. The van der Waals surface area contributed by atoms with E-state index >= 15 is 0 Å². The number of nitrogens with one attached hydrogen (secondary N) is 2. The zero-order valence-electron chi connectivity index (χ0n) is 15.2. The van der Waals surface area contributed by atoms with Crippen LogP contribution in [0.3, 0.4) is 0 Å². The second kappa shape index (κ2) is 9.01. The van der Waals surface area contributed by atoms with Crippen LogP contribution >= 0.6 is 23.1 Å². The third-order valence-electron chi connectivity index (χ3n) is 3.91. The number of thiazole rings is 1. The van der Waals surface area contributed by atoms with Crippen LogP contribution in [0.25, 0.3) is 11.3 Å². The molecule has 0 saturated carbocycles. The number of aromatic amines is 1. The molecule has 142 valence electrons. The average molecular weight is 404 g/mol. The monoisotopic (exact) mass is 403 g/mol.